The third kappa shape index (κ3) is 4.80. The molecule has 1 aromatic rings. The maximum atomic E-state index is 3.32. The quantitative estimate of drug-likeness (QED) is 0.778. The van der Waals surface area contributed by atoms with Gasteiger partial charge in [0.2, 0.25) is 0 Å². The molecule has 2 heteroatoms. The molecule has 1 atom stereocenters. The van der Waals surface area contributed by atoms with Crippen LogP contribution in [0.5, 0.6) is 0 Å². The zero-order valence-corrected chi connectivity index (χ0v) is 11.2. The van der Waals surface area contributed by atoms with Crippen molar-refractivity contribution in [3.63, 3.8) is 0 Å². The summed E-state index contributed by atoms with van der Waals surface area (Å²) in [4.78, 5) is 0. The topological polar surface area (TPSA) is 12.0 Å². The van der Waals surface area contributed by atoms with Crippen LogP contribution < -0.4 is 5.32 Å². The molecule has 1 nitrogen and oxygen atoms in total. The fourth-order valence-corrected chi connectivity index (χ4v) is 2.65. The lowest BCUT2D eigenvalue weighted by Crippen LogP contribution is -2.28. The Morgan fingerprint density at radius 1 is 1.47 bits per heavy atom. The maximum absolute atomic E-state index is 3.32. The minimum atomic E-state index is 0.435. The Kier molecular flexibility index (Phi) is 4.81. The molecule has 1 aromatic heterocycles. The molecule has 1 heterocycles. The van der Waals surface area contributed by atoms with Gasteiger partial charge >= 0.3 is 0 Å². The largest absolute Gasteiger partial charge is 0.317 e. The molecule has 1 rings (SSSR count). The molecule has 0 aliphatic carbocycles. The lowest BCUT2D eigenvalue weighted by molar-refractivity contribution is 0.274. The molecule has 0 aliphatic heterocycles. The van der Waals surface area contributed by atoms with Crippen LogP contribution in [0.4, 0.5) is 0 Å². The second-order valence-corrected chi connectivity index (χ2v) is 5.97. The van der Waals surface area contributed by atoms with Crippen molar-refractivity contribution in [2.75, 3.05) is 7.05 Å². The summed E-state index contributed by atoms with van der Waals surface area (Å²) in [5.74, 6) is 0. The van der Waals surface area contributed by atoms with Gasteiger partial charge in [-0.15, -0.1) is 0 Å². The smallest absolute Gasteiger partial charge is 0.00408 e. The Labute approximate surface area is 97.9 Å². The van der Waals surface area contributed by atoms with Gasteiger partial charge in [0.25, 0.3) is 0 Å². The van der Waals surface area contributed by atoms with Gasteiger partial charge in [-0.2, -0.15) is 11.3 Å². The van der Waals surface area contributed by atoms with Crippen LogP contribution in [0.15, 0.2) is 16.8 Å². The standard InChI is InChI=1S/C13H23NS/c1-11(14-4)9-13(2,3)7-5-12-6-8-15-10-12/h6,8,10-11,14H,5,7,9H2,1-4H3. The number of rotatable bonds is 6. The van der Waals surface area contributed by atoms with E-state index >= 15 is 0 Å². The average molecular weight is 225 g/mol. The lowest BCUT2D eigenvalue weighted by Gasteiger charge is -2.27. The molecular weight excluding hydrogens is 202 g/mol. The Morgan fingerprint density at radius 2 is 2.20 bits per heavy atom. The molecule has 1 unspecified atom stereocenters. The van der Waals surface area contributed by atoms with Crippen LogP contribution in [0.25, 0.3) is 0 Å². The van der Waals surface area contributed by atoms with Gasteiger partial charge in [0.05, 0.1) is 0 Å². The predicted molar refractivity (Wildman–Crippen MR) is 69.6 cm³/mol. The van der Waals surface area contributed by atoms with Gasteiger partial charge in [0.1, 0.15) is 0 Å². The van der Waals surface area contributed by atoms with Gasteiger partial charge in [-0.05, 0) is 61.0 Å². The molecular formula is C13H23NS. The molecule has 0 aromatic carbocycles. The van der Waals surface area contributed by atoms with Crippen molar-refractivity contribution < 1.29 is 0 Å². The number of aryl methyl sites for hydroxylation is 1. The van der Waals surface area contributed by atoms with Crippen molar-refractivity contribution in [3.05, 3.63) is 22.4 Å². The Hall–Kier alpha value is -0.340. The molecule has 0 amide bonds. The summed E-state index contributed by atoms with van der Waals surface area (Å²) in [5.41, 5.74) is 1.93. The van der Waals surface area contributed by atoms with Gasteiger partial charge in [-0.25, -0.2) is 0 Å². The van der Waals surface area contributed by atoms with Crippen molar-refractivity contribution in [3.8, 4) is 0 Å². The molecule has 15 heavy (non-hydrogen) atoms. The molecule has 0 saturated heterocycles. The van der Waals surface area contributed by atoms with E-state index in [4.69, 9.17) is 0 Å². The van der Waals surface area contributed by atoms with E-state index in [0.29, 0.717) is 11.5 Å². The van der Waals surface area contributed by atoms with Crippen LogP contribution >= 0.6 is 11.3 Å². The average Bonchev–Trinajstić information content (AvgIpc) is 2.66. The van der Waals surface area contributed by atoms with Gasteiger partial charge in [-0.1, -0.05) is 13.8 Å². The van der Waals surface area contributed by atoms with E-state index in [0.717, 1.165) is 0 Å². The summed E-state index contributed by atoms with van der Waals surface area (Å²) in [6.07, 6.45) is 3.73. The first-order valence-corrected chi connectivity index (χ1v) is 6.66. The zero-order chi connectivity index (χ0) is 11.3. The third-order valence-electron chi connectivity index (χ3n) is 3.02. The second kappa shape index (κ2) is 5.66. The number of hydrogen-bond donors (Lipinski definition) is 1. The van der Waals surface area contributed by atoms with Crippen molar-refractivity contribution >= 4 is 11.3 Å². The summed E-state index contributed by atoms with van der Waals surface area (Å²) >= 11 is 1.80. The van der Waals surface area contributed by atoms with E-state index in [1.54, 1.807) is 11.3 Å². The Morgan fingerprint density at radius 3 is 2.73 bits per heavy atom. The van der Waals surface area contributed by atoms with Crippen molar-refractivity contribution in [1.82, 2.24) is 5.32 Å². The Bertz CT molecular complexity index is 264. The van der Waals surface area contributed by atoms with Crippen LogP contribution in [0.1, 0.15) is 39.2 Å². The van der Waals surface area contributed by atoms with Crippen LogP contribution in [-0.4, -0.2) is 13.1 Å². The minimum absolute atomic E-state index is 0.435. The summed E-state index contributed by atoms with van der Waals surface area (Å²) in [6.45, 7) is 6.99. The summed E-state index contributed by atoms with van der Waals surface area (Å²) in [5, 5.41) is 7.74. The van der Waals surface area contributed by atoms with Crippen molar-refractivity contribution in [2.24, 2.45) is 5.41 Å². The van der Waals surface area contributed by atoms with Crippen LogP contribution in [0.3, 0.4) is 0 Å². The van der Waals surface area contributed by atoms with E-state index in [9.17, 15) is 0 Å². The Balaban J connectivity index is 2.35. The van der Waals surface area contributed by atoms with Gasteiger partial charge in [0, 0.05) is 6.04 Å². The van der Waals surface area contributed by atoms with E-state index in [-0.39, 0.29) is 0 Å². The highest BCUT2D eigenvalue weighted by atomic mass is 32.1. The van der Waals surface area contributed by atoms with E-state index in [1.165, 1.54) is 24.8 Å². The van der Waals surface area contributed by atoms with Crippen molar-refractivity contribution in [2.45, 2.75) is 46.1 Å². The maximum Gasteiger partial charge on any atom is 0.00408 e. The van der Waals surface area contributed by atoms with Gasteiger partial charge < -0.3 is 5.32 Å². The summed E-state index contributed by atoms with van der Waals surface area (Å²) in [6, 6.07) is 2.85. The molecule has 0 radical (unpaired) electrons. The monoisotopic (exact) mass is 225 g/mol. The highest BCUT2D eigenvalue weighted by molar-refractivity contribution is 7.07. The minimum Gasteiger partial charge on any atom is -0.317 e. The molecule has 0 fully saturated rings. The summed E-state index contributed by atoms with van der Waals surface area (Å²) in [7, 11) is 2.04. The first-order chi connectivity index (χ1) is 7.03. The molecule has 0 aliphatic rings. The van der Waals surface area contributed by atoms with Crippen LogP contribution in [-0.2, 0) is 6.42 Å². The van der Waals surface area contributed by atoms with Gasteiger partial charge in [-0.3, -0.25) is 0 Å². The number of hydrogen-bond acceptors (Lipinski definition) is 2. The third-order valence-corrected chi connectivity index (χ3v) is 3.75. The SMILES string of the molecule is CNC(C)CC(C)(C)CCc1ccsc1. The van der Waals surface area contributed by atoms with Crippen LogP contribution in [0.2, 0.25) is 0 Å². The highest BCUT2D eigenvalue weighted by Crippen LogP contribution is 2.28. The molecule has 86 valence electrons. The molecule has 0 bridgehead atoms. The zero-order valence-electron chi connectivity index (χ0n) is 10.3. The predicted octanol–water partition coefficient (Wildman–Crippen LogP) is 3.70. The second-order valence-electron chi connectivity index (χ2n) is 5.19. The summed E-state index contributed by atoms with van der Waals surface area (Å²) < 4.78 is 0. The number of nitrogens with one attached hydrogen (secondary N) is 1. The number of thiophene rings is 1. The molecule has 0 saturated carbocycles. The van der Waals surface area contributed by atoms with E-state index in [2.05, 4.69) is 42.9 Å². The lowest BCUT2D eigenvalue weighted by atomic mass is 9.81. The van der Waals surface area contributed by atoms with Crippen LogP contribution in [0, 0.1) is 5.41 Å². The highest BCUT2D eigenvalue weighted by Gasteiger charge is 2.20. The first-order valence-electron chi connectivity index (χ1n) is 5.72. The first kappa shape index (κ1) is 12.7. The fraction of sp³-hybridized carbons (Fsp3) is 0.692. The molecule has 0 spiro atoms. The van der Waals surface area contributed by atoms with Gasteiger partial charge in [0.15, 0.2) is 0 Å². The molecule has 1 N–H and O–H groups in total. The van der Waals surface area contributed by atoms with Crippen molar-refractivity contribution in [1.29, 1.82) is 0 Å². The van der Waals surface area contributed by atoms with E-state index < -0.39 is 0 Å². The fourth-order valence-electron chi connectivity index (χ4n) is 1.95. The normalized spacial score (nSPS) is 14.1. The van der Waals surface area contributed by atoms with E-state index in [1.807, 2.05) is 7.05 Å².